The highest BCUT2D eigenvalue weighted by atomic mass is 35.5. The van der Waals surface area contributed by atoms with E-state index in [0.29, 0.717) is 32.7 Å². The maximum atomic E-state index is 12.5. The van der Waals surface area contributed by atoms with Gasteiger partial charge in [0.1, 0.15) is 0 Å². The molecule has 3 aromatic rings. The molecule has 1 aliphatic rings. The van der Waals surface area contributed by atoms with Crippen molar-refractivity contribution in [1.82, 2.24) is 19.6 Å². The van der Waals surface area contributed by atoms with Crippen LogP contribution in [0.15, 0.2) is 60.8 Å². The average Bonchev–Trinajstić information content (AvgIpc) is 3.26. The van der Waals surface area contributed by atoms with Gasteiger partial charge in [0.05, 0.1) is 0 Å². The number of aromatic nitrogens is 2. The van der Waals surface area contributed by atoms with Crippen LogP contribution in [0.25, 0.3) is 11.1 Å². The van der Waals surface area contributed by atoms with Crippen molar-refractivity contribution in [2.45, 2.75) is 6.54 Å². The molecule has 8 heteroatoms. The fourth-order valence-electron chi connectivity index (χ4n) is 3.51. The first-order valence-corrected chi connectivity index (χ1v) is 10.0. The number of piperazine rings is 1. The number of aromatic carboxylic acids is 1. The normalized spacial score (nSPS) is 14.6. The number of hydrogen-bond donors (Lipinski definition) is 1. The number of carbonyl (C=O) groups is 2. The zero-order chi connectivity index (χ0) is 21.1. The molecule has 1 aliphatic heterocycles. The van der Waals surface area contributed by atoms with Crippen molar-refractivity contribution in [3.05, 3.63) is 77.1 Å². The predicted molar refractivity (Wildman–Crippen MR) is 114 cm³/mol. The van der Waals surface area contributed by atoms with Gasteiger partial charge in [-0.05, 0) is 28.8 Å². The van der Waals surface area contributed by atoms with E-state index >= 15 is 0 Å². The highest BCUT2D eigenvalue weighted by Gasteiger charge is 2.24. The number of carboxylic acids is 1. The fourth-order valence-corrected chi connectivity index (χ4v) is 3.75. The van der Waals surface area contributed by atoms with Crippen LogP contribution in [-0.2, 0) is 6.54 Å². The van der Waals surface area contributed by atoms with E-state index in [1.807, 2.05) is 24.3 Å². The van der Waals surface area contributed by atoms with Crippen LogP contribution in [0.1, 0.15) is 16.1 Å². The van der Waals surface area contributed by atoms with Crippen LogP contribution in [0, 0.1) is 0 Å². The van der Waals surface area contributed by atoms with Gasteiger partial charge in [0.15, 0.2) is 5.69 Å². The quantitative estimate of drug-likeness (QED) is 0.691. The first kappa shape index (κ1) is 20.1. The molecule has 1 saturated heterocycles. The van der Waals surface area contributed by atoms with Gasteiger partial charge in [-0.2, -0.15) is 9.78 Å². The molecule has 154 valence electrons. The van der Waals surface area contributed by atoms with Gasteiger partial charge in [0, 0.05) is 43.9 Å². The highest BCUT2D eigenvalue weighted by molar-refractivity contribution is 6.31. The highest BCUT2D eigenvalue weighted by Crippen LogP contribution is 2.26. The maximum Gasteiger partial charge on any atom is 0.356 e. The Morgan fingerprint density at radius 2 is 1.70 bits per heavy atom. The van der Waals surface area contributed by atoms with E-state index in [9.17, 15) is 9.59 Å². The summed E-state index contributed by atoms with van der Waals surface area (Å²) in [5.74, 6) is -1.15. The zero-order valence-corrected chi connectivity index (χ0v) is 17.0. The van der Waals surface area contributed by atoms with Crippen LogP contribution < -0.4 is 0 Å². The van der Waals surface area contributed by atoms with Gasteiger partial charge in [0.25, 0.3) is 0 Å². The van der Waals surface area contributed by atoms with E-state index in [1.54, 1.807) is 4.90 Å². The molecule has 30 heavy (non-hydrogen) atoms. The minimum absolute atomic E-state index is 0.143. The first-order valence-electron chi connectivity index (χ1n) is 9.66. The molecule has 0 bridgehead atoms. The van der Waals surface area contributed by atoms with Crippen molar-refractivity contribution in [2.24, 2.45) is 0 Å². The van der Waals surface area contributed by atoms with E-state index in [2.05, 4.69) is 34.3 Å². The van der Waals surface area contributed by atoms with Crippen LogP contribution >= 0.6 is 11.6 Å². The van der Waals surface area contributed by atoms with Crippen LogP contribution in [0.3, 0.4) is 0 Å². The number of nitrogens with zero attached hydrogens (tertiary/aromatic N) is 4. The SMILES string of the molecule is O=C(O)c1ccn(C(=O)N2CCN(Cc3ccc(-c4ccccc4)cc3Cl)CC2)n1. The molecule has 1 aromatic heterocycles. The molecule has 0 spiro atoms. The van der Waals surface area contributed by atoms with E-state index in [0.717, 1.165) is 26.4 Å². The molecule has 4 rings (SSSR count). The molecule has 0 atom stereocenters. The lowest BCUT2D eigenvalue weighted by atomic mass is 10.0. The Balaban J connectivity index is 1.35. The second-order valence-electron chi connectivity index (χ2n) is 7.17. The smallest absolute Gasteiger partial charge is 0.356 e. The molecule has 2 heterocycles. The molecule has 1 fully saturated rings. The van der Waals surface area contributed by atoms with Crippen molar-refractivity contribution in [2.75, 3.05) is 26.2 Å². The molecule has 7 nitrogen and oxygen atoms in total. The Bertz CT molecular complexity index is 1060. The van der Waals surface area contributed by atoms with Crippen LogP contribution in [0.4, 0.5) is 4.79 Å². The third-order valence-electron chi connectivity index (χ3n) is 5.20. The lowest BCUT2D eigenvalue weighted by Crippen LogP contribution is -2.49. The third-order valence-corrected chi connectivity index (χ3v) is 5.55. The molecular weight excluding hydrogens is 404 g/mol. The summed E-state index contributed by atoms with van der Waals surface area (Å²) >= 11 is 6.53. The van der Waals surface area contributed by atoms with Gasteiger partial charge in [-0.1, -0.05) is 54.1 Å². The number of carbonyl (C=O) groups excluding carboxylic acids is 1. The van der Waals surface area contributed by atoms with Crippen molar-refractivity contribution in [3.63, 3.8) is 0 Å². The predicted octanol–water partition coefficient (Wildman–Crippen LogP) is 3.69. The summed E-state index contributed by atoms with van der Waals surface area (Å²) in [5.41, 5.74) is 3.12. The van der Waals surface area contributed by atoms with Gasteiger partial charge in [-0.3, -0.25) is 4.90 Å². The van der Waals surface area contributed by atoms with Crippen molar-refractivity contribution in [3.8, 4) is 11.1 Å². The number of benzene rings is 2. The number of halogens is 1. The van der Waals surface area contributed by atoms with E-state index < -0.39 is 5.97 Å². The Morgan fingerprint density at radius 1 is 0.967 bits per heavy atom. The summed E-state index contributed by atoms with van der Waals surface area (Å²) < 4.78 is 1.08. The summed E-state index contributed by atoms with van der Waals surface area (Å²) in [5, 5.41) is 13.5. The lowest BCUT2D eigenvalue weighted by Gasteiger charge is -2.34. The minimum Gasteiger partial charge on any atom is -0.476 e. The molecule has 0 saturated carbocycles. The van der Waals surface area contributed by atoms with Crippen LogP contribution in [0.5, 0.6) is 0 Å². The summed E-state index contributed by atoms with van der Waals surface area (Å²) in [7, 11) is 0. The van der Waals surface area contributed by atoms with Gasteiger partial charge >= 0.3 is 12.0 Å². The average molecular weight is 425 g/mol. The summed E-state index contributed by atoms with van der Waals surface area (Å²) in [6.45, 7) is 3.20. The molecule has 1 amide bonds. The second kappa shape index (κ2) is 8.69. The molecule has 0 unspecified atom stereocenters. The van der Waals surface area contributed by atoms with Gasteiger partial charge in [-0.15, -0.1) is 0 Å². The lowest BCUT2D eigenvalue weighted by molar-refractivity contribution is 0.0689. The summed E-state index contributed by atoms with van der Waals surface area (Å²) in [6, 6.07) is 17.2. The van der Waals surface area contributed by atoms with Gasteiger partial charge in [0.2, 0.25) is 0 Å². The number of rotatable bonds is 4. The second-order valence-corrected chi connectivity index (χ2v) is 7.58. The molecule has 2 aromatic carbocycles. The molecule has 1 N–H and O–H groups in total. The summed E-state index contributed by atoms with van der Waals surface area (Å²) in [6.07, 6.45) is 1.38. The zero-order valence-electron chi connectivity index (χ0n) is 16.2. The van der Waals surface area contributed by atoms with E-state index in [4.69, 9.17) is 16.7 Å². The monoisotopic (exact) mass is 424 g/mol. The Morgan fingerprint density at radius 3 is 2.33 bits per heavy atom. The summed E-state index contributed by atoms with van der Waals surface area (Å²) in [4.78, 5) is 27.4. The van der Waals surface area contributed by atoms with Crippen LogP contribution in [0.2, 0.25) is 5.02 Å². The Hall–Kier alpha value is -3.16. The topological polar surface area (TPSA) is 78.7 Å². The number of hydrogen-bond acceptors (Lipinski definition) is 4. The molecular formula is C22H21ClN4O3. The minimum atomic E-state index is -1.15. The molecule has 0 radical (unpaired) electrons. The Kier molecular flexibility index (Phi) is 5.83. The van der Waals surface area contributed by atoms with Gasteiger partial charge < -0.3 is 10.0 Å². The standard InChI is InChI=1S/C22H21ClN4O3/c23-19-14-17(16-4-2-1-3-5-16)6-7-18(19)15-25-10-12-26(13-11-25)22(30)27-9-8-20(24-27)21(28)29/h1-9,14H,10-13,15H2,(H,28,29). The van der Waals surface area contributed by atoms with Crippen LogP contribution in [-0.4, -0.2) is 62.9 Å². The van der Waals surface area contributed by atoms with Crippen molar-refractivity contribution >= 4 is 23.6 Å². The third kappa shape index (κ3) is 4.37. The van der Waals surface area contributed by atoms with Crippen molar-refractivity contribution in [1.29, 1.82) is 0 Å². The largest absolute Gasteiger partial charge is 0.476 e. The van der Waals surface area contributed by atoms with Gasteiger partial charge in [-0.25, -0.2) is 9.59 Å². The maximum absolute atomic E-state index is 12.5. The fraction of sp³-hybridized carbons (Fsp3) is 0.227. The van der Waals surface area contributed by atoms with E-state index in [1.165, 1.54) is 12.3 Å². The van der Waals surface area contributed by atoms with E-state index in [-0.39, 0.29) is 11.7 Å². The number of amides is 1. The first-order chi connectivity index (χ1) is 14.5. The number of carboxylic acid groups (broad SMARTS) is 1. The van der Waals surface area contributed by atoms with Crippen molar-refractivity contribution < 1.29 is 14.7 Å². The Labute approximate surface area is 179 Å². The molecule has 0 aliphatic carbocycles.